The minimum Gasteiger partial charge on any atom is -0.481 e. The van der Waals surface area contributed by atoms with Crippen molar-refractivity contribution in [2.45, 2.75) is 51.0 Å². The van der Waals surface area contributed by atoms with Crippen LogP contribution in [-0.4, -0.2) is 54.6 Å². The second-order valence-corrected chi connectivity index (χ2v) is 8.16. The second-order valence-electron chi connectivity index (χ2n) is 6.08. The van der Waals surface area contributed by atoms with Crippen LogP contribution in [-0.2, 0) is 19.6 Å². The van der Waals surface area contributed by atoms with Gasteiger partial charge in [-0.3, -0.25) is 9.59 Å². The molecule has 2 rings (SSSR count). The molecular weight excluding hydrogens is 308 g/mol. The zero-order valence-electron chi connectivity index (χ0n) is 12.7. The number of rotatable bonds is 5. The Balaban J connectivity index is 1.86. The molecule has 126 valence electrons. The van der Waals surface area contributed by atoms with Gasteiger partial charge in [-0.15, -0.1) is 0 Å². The maximum Gasteiger partial charge on any atom is 0.308 e. The molecule has 0 aromatic rings. The quantitative estimate of drug-likeness (QED) is 0.716. The maximum absolute atomic E-state index is 12.0. The fourth-order valence-corrected chi connectivity index (χ4v) is 4.75. The minimum absolute atomic E-state index is 0.0854. The lowest BCUT2D eigenvalue weighted by Gasteiger charge is -2.23. The van der Waals surface area contributed by atoms with Gasteiger partial charge in [0.2, 0.25) is 15.9 Å². The van der Waals surface area contributed by atoms with Crippen molar-refractivity contribution in [1.29, 1.82) is 0 Å². The van der Waals surface area contributed by atoms with Crippen LogP contribution in [0.5, 0.6) is 0 Å². The lowest BCUT2D eigenvalue weighted by Crippen LogP contribution is -2.43. The third-order valence-corrected chi connectivity index (χ3v) is 6.43. The molecule has 0 aromatic carbocycles. The number of nitrogens with one attached hydrogen (secondary N) is 1. The van der Waals surface area contributed by atoms with E-state index in [1.807, 2.05) is 0 Å². The van der Waals surface area contributed by atoms with Crippen LogP contribution in [0.4, 0.5) is 0 Å². The molecule has 2 N–H and O–H groups in total. The molecule has 0 bridgehead atoms. The molecule has 1 aliphatic heterocycles. The molecule has 0 unspecified atom stereocenters. The minimum atomic E-state index is -3.19. The first kappa shape index (κ1) is 17.2. The zero-order valence-corrected chi connectivity index (χ0v) is 13.5. The topological polar surface area (TPSA) is 104 Å². The molecule has 7 nitrogen and oxygen atoms in total. The van der Waals surface area contributed by atoms with Crippen molar-refractivity contribution >= 4 is 21.9 Å². The van der Waals surface area contributed by atoms with Gasteiger partial charge in [0, 0.05) is 25.6 Å². The number of carbonyl (C=O) groups is 2. The normalized spacial score (nSPS) is 28.9. The fraction of sp³-hybridized carbons (Fsp3) is 0.857. The van der Waals surface area contributed by atoms with Gasteiger partial charge in [-0.1, -0.05) is 19.3 Å². The van der Waals surface area contributed by atoms with Crippen molar-refractivity contribution in [2.75, 3.05) is 18.8 Å². The van der Waals surface area contributed by atoms with Crippen molar-refractivity contribution in [2.24, 2.45) is 5.92 Å². The predicted octanol–water partition coefficient (Wildman–Crippen LogP) is 0.562. The van der Waals surface area contributed by atoms with Crippen molar-refractivity contribution in [3.63, 3.8) is 0 Å². The molecule has 1 aliphatic carbocycles. The summed E-state index contributed by atoms with van der Waals surface area (Å²) in [5.41, 5.74) is 0. The number of hydrogen-bond acceptors (Lipinski definition) is 4. The number of carboxylic acid groups (broad SMARTS) is 1. The molecule has 8 heteroatoms. The lowest BCUT2D eigenvalue weighted by molar-refractivity contribution is -0.143. The van der Waals surface area contributed by atoms with Gasteiger partial charge in [0.25, 0.3) is 0 Å². The highest BCUT2D eigenvalue weighted by Gasteiger charge is 2.32. The summed E-state index contributed by atoms with van der Waals surface area (Å²) in [6.07, 6.45) is 4.72. The van der Waals surface area contributed by atoms with Gasteiger partial charge in [-0.2, -0.15) is 0 Å². The predicted molar refractivity (Wildman–Crippen MR) is 80.7 cm³/mol. The van der Waals surface area contributed by atoms with E-state index in [-0.39, 0.29) is 30.7 Å². The van der Waals surface area contributed by atoms with E-state index in [4.69, 9.17) is 0 Å². The molecule has 1 saturated carbocycles. The molecule has 2 fully saturated rings. The largest absolute Gasteiger partial charge is 0.481 e. The van der Waals surface area contributed by atoms with Gasteiger partial charge in [0.1, 0.15) is 0 Å². The highest BCUT2D eigenvalue weighted by molar-refractivity contribution is 7.89. The van der Waals surface area contributed by atoms with Crippen LogP contribution in [0.15, 0.2) is 0 Å². The second kappa shape index (κ2) is 7.41. The Kier molecular flexibility index (Phi) is 5.80. The van der Waals surface area contributed by atoms with Crippen LogP contribution in [0.3, 0.4) is 0 Å². The molecule has 22 heavy (non-hydrogen) atoms. The van der Waals surface area contributed by atoms with Crippen LogP contribution >= 0.6 is 0 Å². The SMILES string of the molecule is O=C(CCN1CCCS1(=O)=O)N[C@H]1CCCCC[C@H]1C(=O)O. The van der Waals surface area contributed by atoms with E-state index in [0.717, 1.165) is 19.3 Å². The zero-order chi connectivity index (χ0) is 16.2. The summed E-state index contributed by atoms with van der Waals surface area (Å²) in [5, 5.41) is 12.1. The number of carbonyl (C=O) groups excluding carboxylic acids is 1. The number of nitrogens with zero attached hydrogens (tertiary/aromatic N) is 1. The van der Waals surface area contributed by atoms with E-state index in [1.165, 1.54) is 4.31 Å². The first-order valence-corrected chi connectivity index (χ1v) is 9.51. The van der Waals surface area contributed by atoms with Crippen LogP contribution in [0.1, 0.15) is 44.9 Å². The van der Waals surface area contributed by atoms with Gasteiger partial charge < -0.3 is 10.4 Å². The molecule has 2 atom stereocenters. The standard InChI is InChI=1S/C14H24N2O5S/c17-13(7-9-16-8-4-10-22(16,20)21)15-12-6-3-1-2-5-11(12)14(18)19/h11-12H,1-10H2,(H,15,17)(H,18,19)/t11-,12+/m1/s1. The van der Waals surface area contributed by atoms with Crippen LogP contribution in [0.2, 0.25) is 0 Å². The van der Waals surface area contributed by atoms with E-state index in [2.05, 4.69) is 5.32 Å². The van der Waals surface area contributed by atoms with Crippen molar-refractivity contribution < 1.29 is 23.1 Å². The van der Waals surface area contributed by atoms with Gasteiger partial charge in [-0.05, 0) is 19.3 Å². The molecule has 1 heterocycles. The average molecular weight is 332 g/mol. The van der Waals surface area contributed by atoms with Crippen molar-refractivity contribution in [3.05, 3.63) is 0 Å². The molecule has 1 amide bonds. The summed E-state index contributed by atoms with van der Waals surface area (Å²) in [6, 6.07) is -0.345. The average Bonchev–Trinajstić information content (AvgIpc) is 2.63. The maximum atomic E-state index is 12.0. The smallest absolute Gasteiger partial charge is 0.308 e. The first-order valence-electron chi connectivity index (χ1n) is 7.90. The van der Waals surface area contributed by atoms with Crippen LogP contribution < -0.4 is 5.32 Å². The third kappa shape index (κ3) is 4.42. The number of hydrogen-bond donors (Lipinski definition) is 2. The Morgan fingerprint density at radius 3 is 2.50 bits per heavy atom. The van der Waals surface area contributed by atoms with E-state index in [9.17, 15) is 23.1 Å². The van der Waals surface area contributed by atoms with Crippen molar-refractivity contribution in [3.8, 4) is 0 Å². The fourth-order valence-electron chi connectivity index (χ4n) is 3.22. The van der Waals surface area contributed by atoms with E-state index in [0.29, 0.717) is 25.8 Å². The molecule has 0 aromatic heterocycles. The number of sulfonamides is 1. The van der Waals surface area contributed by atoms with E-state index < -0.39 is 21.9 Å². The van der Waals surface area contributed by atoms with Crippen LogP contribution in [0, 0.1) is 5.92 Å². The Hall–Kier alpha value is -1.15. The summed E-state index contributed by atoms with van der Waals surface area (Å²) in [5.74, 6) is -1.52. The van der Waals surface area contributed by atoms with Gasteiger partial charge in [0.15, 0.2) is 0 Å². The summed E-state index contributed by atoms with van der Waals surface area (Å²) in [4.78, 5) is 23.3. The summed E-state index contributed by atoms with van der Waals surface area (Å²) < 4.78 is 24.7. The lowest BCUT2D eigenvalue weighted by atomic mass is 9.95. The van der Waals surface area contributed by atoms with E-state index >= 15 is 0 Å². The van der Waals surface area contributed by atoms with Gasteiger partial charge in [-0.25, -0.2) is 12.7 Å². The van der Waals surface area contributed by atoms with Crippen molar-refractivity contribution in [1.82, 2.24) is 9.62 Å². The Labute approximate surface area is 131 Å². The Morgan fingerprint density at radius 2 is 1.86 bits per heavy atom. The Bertz CT molecular complexity index is 519. The number of aliphatic carboxylic acids is 1. The van der Waals surface area contributed by atoms with E-state index in [1.54, 1.807) is 0 Å². The summed E-state index contributed by atoms with van der Waals surface area (Å²) >= 11 is 0. The summed E-state index contributed by atoms with van der Waals surface area (Å²) in [6.45, 7) is 0.648. The third-order valence-electron chi connectivity index (χ3n) is 4.47. The highest BCUT2D eigenvalue weighted by atomic mass is 32.2. The molecule has 2 aliphatic rings. The first-order chi connectivity index (χ1) is 10.4. The van der Waals surface area contributed by atoms with Gasteiger partial charge in [0.05, 0.1) is 11.7 Å². The molecular formula is C14H24N2O5S. The van der Waals surface area contributed by atoms with Crippen LogP contribution in [0.25, 0.3) is 0 Å². The highest BCUT2D eigenvalue weighted by Crippen LogP contribution is 2.24. The van der Waals surface area contributed by atoms with Gasteiger partial charge >= 0.3 is 5.97 Å². The monoisotopic (exact) mass is 332 g/mol. The molecule has 1 saturated heterocycles. The number of carboxylic acids is 1. The Morgan fingerprint density at radius 1 is 1.14 bits per heavy atom. The molecule has 0 spiro atoms. The summed E-state index contributed by atoms with van der Waals surface area (Å²) in [7, 11) is -3.19. The number of amides is 1. The molecule has 0 radical (unpaired) electrons.